The fourth-order valence-electron chi connectivity index (χ4n) is 4.79. The van der Waals surface area contributed by atoms with Gasteiger partial charge in [0.2, 0.25) is 11.8 Å². The highest BCUT2D eigenvalue weighted by molar-refractivity contribution is 5.88. The Bertz CT molecular complexity index is 1400. The minimum Gasteiger partial charge on any atom is -0.480 e. The van der Waals surface area contributed by atoms with Crippen molar-refractivity contribution in [2.75, 3.05) is 6.54 Å². The Morgan fingerprint density at radius 3 is 1.63 bits per heavy atom. The lowest BCUT2D eigenvalue weighted by Crippen LogP contribution is -2.50. The molecule has 0 radical (unpaired) electrons. The highest BCUT2D eigenvalue weighted by Gasteiger charge is 2.38. The van der Waals surface area contributed by atoms with Crippen molar-refractivity contribution in [3.05, 3.63) is 144 Å². The van der Waals surface area contributed by atoms with Gasteiger partial charge < -0.3 is 25.8 Å². The highest BCUT2D eigenvalue weighted by Crippen LogP contribution is 2.36. The summed E-state index contributed by atoms with van der Waals surface area (Å²) in [6.45, 7) is -0.661. The van der Waals surface area contributed by atoms with Crippen LogP contribution in [0.4, 0.5) is 4.79 Å². The van der Waals surface area contributed by atoms with Crippen LogP contribution in [-0.2, 0) is 31.3 Å². The van der Waals surface area contributed by atoms with Crippen LogP contribution in [0.25, 0.3) is 0 Å². The number of hydrogen-bond acceptors (Lipinski definition) is 5. The molecule has 4 rings (SSSR count). The zero-order chi connectivity index (χ0) is 30.5. The van der Waals surface area contributed by atoms with Crippen LogP contribution in [-0.4, -0.2) is 41.6 Å². The summed E-state index contributed by atoms with van der Waals surface area (Å²) in [5, 5.41) is 17.0. The summed E-state index contributed by atoms with van der Waals surface area (Å²) >= 11 is 0. The van der Waals surface area contributed by atoms with Crippen molar-refractivity contribution < 1.29 is 29.0 Å². The molecule has 9 heteroatoms. The van der Waals surface area contributed by atoms with Crippen molar-refractivity contribution in [3.63, 3.8) is 0 Å². The molecule has 0 aliphatic rings. The Labute approximate surface area is 249 Å². The van der Waals surface area contributed by atoms with E-state index in [9.17, 15) is 19.2 Å². The van der Waals surface area contributed by atoms with Gasteiger partial charge in [-0.2, -0.15) is 0 Å². The third-order valence-corrected chi connectivity index (χ3v) is 6.84. The molecule has 4 aromatic carbocycles. The number of carboxylic acid groups (broad SMARTS) is 1. The van der Waals surface area contributed by atoms with Gasteiger partial charge in [0.15, 0.2) is 0 Å². The highest BCUT2D eigenvalue weighted by atomic mass is 16.5. The summed E-state index contributed by atoms with van der Waals surface area (Å²) in [6.07, 6.45) is -1.13. The van der Waals surface area contributed by atoms with Gasteiger partial charge in [-0.25, -0.2) is 4.79 Å². The predicted molar refractivity (Wildman–Crippen MR) is 161 cm³/mol. The molecule has 0 aliphatic heterocycles. The van der Waals surface area contributed by atoms with Crippen molar-refractivity contribution >= 4 is 23.9 Å². The first kappa shape index (κ1) is 30.5. The number of hydrogen-bond donors (Lipinski definition) is 4. The van der Waals surface area contributed by atoms with Gasteiger partial charge in [-0.1, -0.05) is 121 Å². The van der Waals surface area contributed by atoms with E-state index >= 15 is 0 Å². The minimum absolute atomic E-state index is 0.0234. The Morgan fingerprint density at radius 1 is 0.698 bits per heavy atom. The molecule has 0 fully saturated rings. The fourth-order valence-corrected chi connectivity index (χ4v) is 4.79. The zero-order valence-corrected chi connectivity index (χ0v) is 23.4. The second-order valence-electron chi connectivity index (χ2n) is 9.81. The Hall–Kier alpha value is -5.44. The second-order valence-corrected chi connectivity index (χ2v) is 9.81. The van der Waals surface area contributed by atoms with Crippen LogP contribution >= 0.6 is 0 Å². The first-order valence-electron chi connectivity index (χ1n) is 13.8. The van der Waals surface area contributed by atoms with Crippen LogP contribution in [0.3, 0.4) is 0 Å². The predicted octanol–water partition coefficient (Wildman–Crippen LogP) is 4.37. The molecule has 4 N–H and O–H groups in total. The molecule has 0 bridgehead atoms. The average molecular weight is 580 g/mol. The molecule has 0 spiro atoms. The Kier molecular flexibility index (Phi) is 10.6. The summed E-state index contributed by atoms with van der Waals surface area (Å²) < 4.78 is 5.25. The number of amides is 3. The number of nitrogens with one attached hydrogen (secondary N) is 3. The smallest absolute Gasteiger partial charge is 0.408 e. The molecule has 220 valence electrons. The van der Waals surface area contributed by atoms with E-state index in [0.29, 0.717) is 0 Å². The Morgan fingerprint density at radius 2 is 1.16 bits per heavy atom. The second kappa shape index (κ2) is 15.0. The zero-order valence-electron chi connectivity index (χ0n) is 23.4. The first-order valence-corrected chi connectivity index (χ1v) is 13.8. The molecule has 0 saturated heterocycles. The maximum atomic E-state index is 13.7. The first-order chi connectivity index (χ1) is 20.9. The molecule has 0 saturated carbocycles. The van der Waals surface area contributed by atoms with Gasteiger partial charge in [0.1, 0.15) is 24.7 Å². The van der Waals surface area contributed by atoms with E-state index in [1.165, 1.54) is 0 Å². The molecule has 0 aromatic heterocycles. The topological polar surface area (TPSA) is 134 Å². The quantitative estimate of drug-likeness (QED) is 0.174. The normalized spacial score (nSPS) is 11.5. The molecular formula is C34H33N3O6. The van der Waals surface area contributed by atoms with Crippen LogP contribution in [0, 0.1) is 0 Å². The lowest BCUT2D eigenvalue weighted by Gasteiger charge is -2.37. The minimum atomic E-state index is -1.24. The van der Waals surface area contributed by atoms with Gasteiger partial charge in [0, 0.05) is 6.42 Å². The molecular weight excluding hydrogens is 546 g/mol. The third-order valence-electron chi connectivity index (χ3n) is 6.84. The number of rotatable bonds is 13. The summed E-state index contributed by atoms with van der Waals surface area (Å²) in [7, 11) is 0. The summed E-state index contributed by atoms with van der Waals surface area (Å²) in [4.78, 5) is 50.1. The van der Waals surface area contributed by atoms with E-state index in [1.54, 1.807) is 24.3 Å². The van der Waals surface area contributed by atoms with Crippen molar-refractivity contribution in [1.82, 2.24) is 16.0 Å². The maximum Gasteiger partial charge on any atom is 0.408 e. The molecule has 0 heterocycles. The number of ether oxygens (including phenoxy) is 1. The lowest BCUT2D eigenvalue weighted by atomic mass is 9.77. The van der Waals surface area contributed by atoms with Gasteiger partial charge in [0.05, 0.1) is 0 Å². The number of carbonyl (C=O) groups is 4. The summed E-state index contributed by atoms with van der Waals surface area (Å²) in [6, 6.07) is 36.5. The number of carboxylic acids is 1. The third kappa shape index (κ3) is 8.29. The number of carbonyl (C=O) groups excluding carboxylic acids is 3. The summed E-state index contributed by atoms with van der Waals surface area (Å²) in [5.74, 6) is -2.37. The number of aliphatic carboxylic acids is 1. The molecule has 4 aromatic rings. The van der Waals surface area contributed by atoms with Gasteiger partial charge in [-0.15, -0.1) is 0 Å². The molecule has 0 unspecified atom stereocenters. The van der Waals surface area contributed by atoms with Gasteiger partial charge in [0.25, 0.3) is 0 Å². The van der Waals surface area contributed by atoms with E-state index in [2.05, 4.69) is 16.0 Å². The standard InChI is InChI=1S/C34H33N3O6/c38-30(22-21-29(32(41)35-23-31(39)40)36-33(42)43-24-25-13-5-1-6-14-25)37-34(26-15-7-2-8-16-26,27-17-9-3-10-18-27)28-19-11-4-12-20-28/h1-20,29H,21-24H2,(H,35,41)(H,36,42)(H,37,38)(H,39,40)/t29-/m0/s1. The SMILES string of the molecule is O=C(O)CNC(=O)[C@H](CCC(=O)NC(c1ccccc1)(c1ccccc1)c1ccccc1)NC(=O)OCc1ccccc1. The van der Waals surface area contributed by atoms with E-state index in [-0.39, 0.29) is 25.4 Å². The van der Waals surface area contributed by atoms with Crippen molar-refractivity contribution in [2.24, 2.45) is 0 Å². The van der Waals surface area contributed by atoms with Crippen LogP contribution in [0.1, 0.15) is 35.1 Å². The molecule has 3 amide bonds. The van der Waals surface area contributed by atoms with E-state index < -0.39 is 36.1 Å². The van der Waals surface area contributed by atoms with Crippen LogP contribution < -0.4 is 16.0 Å². The molecule has 9 nitrogen and oxygen atoms in total. The van der Waals surface area contributed by atoms with Gasteiger partial charge in [-0.05, 0) is 28.7 Å². The van der Waals surface area contributed by atoms with Crippen LogP contribution in [0.5, 0.6) is 0 Å². The van der Waals surface area contributed by atoms with E-state index in [0.717, 1.165) is 22.3 Å². The van der Waals surface area contributed by atoms with Gasteiger partial charge >= 0.3 is 12.1 Å². The Balaban J connectivity index is 1.55. The molecule has 43 heavy (non-hydrogen) atoms. The summed E-state index contributed by atoms with van der Waals surface area (Å²) in [5.41, 5.74) is 2.20. The largest absolute Gasteiger partial charge is 0.480 e. The molecule has 0 aliphatic carbocycles. The van der Waals surface area contributed by atoms with Crippen molar-refractivity contribution in [2.45, 2.75) is 31.0 Å². The van der Waals surface area contributed by atoms with Crippen LogP contribution in [0.2, 0.25) is 0 Å². The van der Waals surface area contributed by atoms with Crippen molar-refractivity contribution in [3.8, 4) is 0 Å². The van der Waals surface area contributed by atoms with Gasteiger partial charge in [-0.3, -0.25) is 14.4 Å². The average Bonchev–Trinajstić information content (AvgIpc) is 3.05. The fraction of sp³-hybridized carbons (Fsp3) is 0.176. The number of alkyl carbamates (subject to hydrolysis) is 1. The van der Waals surface area contributed by atoms with E-state index in [1.807, 2.05) is 97.1 Å². The van der Waals surface area contributed by atoms with Crippen LogP contribution in [0.15, 0.2) is 121 Å². The monoisotopic (exact) mass is 579 g/mol. The molecule has 1 atom stereocenters. The maximum absolute atomic E-state index is 13.7. The lowest BCUT2D eigenvalue weighted by molar-refractivity contribution is -0.138. The number of benzene rings is 4. The van der Waals surface area contributed by atoms with Crippen molar-refractivity contribution in [1.29, 1.82) is 0 Å². The van der Waals surface area contributed by atoms with E-state index in [4.69, 9.17) is 9.84 Å².